The van der Waals surface area contributed by atoms with E-state index in [2.05, 4.69) is 22.5 Å². The Bertz CT molecular complexity index is 416. The van der Waals surface area contributed by atoms with Gasteiger partial charge >= 0.3 is 0 Å². The van der Waals surface area contributed by atoms with E-state index in [1.807, 2.05) is 13.0 Å². The van der Waals surface area contributed by atoms with Crippen LogP contribution in [0.15, 0.2) is 23.2 Å². The van der Waals surface area contributed by atoms with E-state index in [0.29, 0.717) is 5.56 Å². The van der Waals surface area contributed by atoms with Crippen molar-refractivity contribution in [2.24, 2.45) is 4.99 Å². The zero-order valence-corrected chi connectivity index (χ0v) is 11.5. The van der Waals surface area contributed by atoms with Crippen LogP contribution in [0.4, 0.5) is 4.39 Å². The molecule has 1 rings (SSSR count). The normalized spacial score (nSPS) is 13.3. The molecule has 0 bridgehead atoms. The van der Waals surface area contributed by atoms with Crippen LogP contribution < -0.4 is 10.6 Å². The molecule has 0 saturated carbocycles. The molecule has 0 spiro atoms. The minimum absolute atomic E-state index is 0.0168. The molecular formula is C14H22FN3. The number of benzene rings is 1. The molecule has 2 N–H and O–H groups in total. The van der Waals surface area contributed by atoms with Crippen molar-refractivity contribution in [3.63, 3.8) is 0 Å². The van der Waals surface area contributed by atoms with E-state index < -0.39 is 0 Å². The maximum absolute atomic E-state index is 13.5. The highest BCUT2D eigenvalue weighted by atomic mass is 19.1. The number of aryl methyl sites for hydroxylation is 1. The quantitative estimate of drug-likeness (QED) is 0.637. The Labute approximate surface area is 109 Å². The first-order valence-corrected chi connectivity index (χ1v) is 6.31. The lowest BCUT2D eigenvalue weighted by atomic mass is 10.1. The van der Waals surface area contributed by atoms with Crippen LogP contribution in [0.5, 0.6) is 0 Å². The molecule has 100 valence electrons. The van der Waals surface area contributed by atoms with Gasteiger partial charge in [-0.2, -0.15) is 0 Å². The fraction of sp³-hybridized carbons (Fsp3) is 0.500. The van der Waals surface area contributed by atoms with Crippen molar-refractivity contribution in [2.75, 3.05) is 13.6 Å². The highest BCUT2D eigenvalue weighted by Gasteiger charge is 2.09. The molecule has 18 heavy (non-hydrogen) atoms. The zero-order valence-electron chi connectivity index (χ0n) is 11.5. The zero-order chi connectivity index (χ0) is 13.5. The first kappa shape index (κ1) is 14.5. The van der Waals surface area contributed by atoms with Crippen molar-refractivity contribution >= 4 is 5.96 Å². The Hall–Kier alpha value is -1.58. The standard InChI is InChI=1S/C14H22FN3/c1-5-8-17-14(16-4)18-11(3)12-7-6-10(2)13(15)9-12/h6-7,9,11H,5,8H2,1-4H3,(H2,16,17,18). The molecule has 0 aliphatic carbocycles. The monoisotopic (exact) mass is 251 g/mol. The van der Waals surface area contributed by atoms with Crippen LogP contribution >= 0.6 is 0 Å². The van der Waals surface area contributed by atoms with E-state index in [0.717, 1.165) is 24.5 Å². The number of guanidine groups is 1. The Kier molecular flexibility index (Phi) is 5.62. The van der Waals surface area contributed by atoms with Gasteiger partial charge in [0, 0.05) is 13.6 Å². The number of halogens is 1. The summed E-state index contributed by atoms with van der Waals surface area (Å²) < 4.78 is 13.5. The number of nitrogens with one attached hydrogen (secondary N) is 2. The summed E-state index contributed by atoms with van der Waals surface area (Å²) >= 11 is 0. The molecule has 0 amide bonds. The van der Waals surface area contributed by atoms with Crippen LogP contribution in [-0.2, 0) is 0 Å². The van der Waals surface area contributed by atoms with Crippen LogP contribution in [0.25, 0.3) is 0 Å². The van der Waals surface area contributed by atoms with E-state index in [1.165, 1.54) is 0 Å². The van der Waals surface area contributed by atoms with Gasteiger partial charge in [0.15, 0.2) is 5.96 Å². The smallest absolute Gasteiger partial charge is 0.191 e. The largest absolute Gasteiger partial charge is 0.356 e. The predicted octanol–water partition coefficient (Wildman–Crippen LogP) is 2.77. The number of aliphatic imine (C=N–C) groups is 1. The molecule has 0 aromatic heterocycles. The van der Waals surface area contributed by atoms with E-state index in [1.54, 1.807) is 26.1 Å². The molecule has 0 radical (unpaired) electrons. The number of rotatable bonds is 4. The third kappa shape index (κ3) is 4.02. The minimum atomic E-state index is -0.169. The first-order chi connectivity index (χ1) is 8.58. The number of hydrogen-bond donors (Lipinski definition) is 2. The SMILES string of the molecule is CCCNC(=NC)NC(C)c1ccc(C)c(F)c1. The molecule has 4 heteroatoms. The molecule has 1 aromatic rings. The first-order valence-electron chi connectivity index (χ1n) is 6.31. The van der Waals surface area contributed by atoms with Crippen molar-refractivity contribution in [3.05, 3.63) is 35.1 Å². The summed E-state index contributed by atoms with van der Waals surface area (Å²) in [6.07, 6.45) is 1.04. The van der Waals surface area contributed by atoms with Gasteiger partial charge in [0.25, 0.3) is 0 Å². The second-order valence-electron chi connectivity index (χ2n) is 4.37. The van der Waals surface area contributed by atoms with Gasteiger partial charge in [-0.25, -0.2) is 4.39 Å². The van der Waals surface area contributed by atoms with Gasteiger partial charge in [0.1, 0.15) is 5.82 Å². The maximum atomic E-state index is 13.5. The summed E-state index contributed by atoms with van der Waals surface area (Å²) in [4.78, 5) is 4.13. The van der Waals surface area contributed by atoms with E-state index >= 15 is 0 Å². The summed E-state index contributed by atoms with van der Waals surface area (Å²) in [6.45, 7) is 6.72. The van der Waals surface area contributed by atoms with Gasteiger partial charge in [0.2, 0.25) is 0 Å². The molecule has 0 heterocycles. The third-order valence-corrected chi connectivity index (χ3v) is 2.82. The van der Waals surface area contributed by atoms with Gasteiger partial charge in [-0.3, -0.25) is 4.99 Å². The molecule has 0 saturated heterocycles. The Morgan fingerprint density at radius 1 is 1.44 bits per heavy atom. The molecule has 0 aliphatic rings. The summed E-state index contributed by atoms with van der Waals surface area (Å²) in [5.41, 5.74) is 1.58. The van der Waals surface area contributed by atoms with Crippen molar-refractivity contribution < 1.29 is 4.39 Å². The molecular weight excluding hydrogens is 229 g/mol. The van der Waals surface area contributed by atoms with Crippen LogP contribution in [0, 0.1) is 12.7 Å². The third-order valence-electron chi connectivity index (χ3n) is 2.82. The minimum Gasteiger partial charge on any atom is -0.356 e. The molecule has 0 fully saturated rings. The topological polar surface area (TPSA) is 36.4 Å². The highest BCUT2D eigenvalue weighted by molar-refractivity contribution is 5.80. The van der Waals surface area contributed by atoms with Crippen LogP contribution in [0.1, 0.15) is 37.4 Å². The van der Waals surface area contributed by atoms with E-state index in [-0.39, 0.29) is 11.9 Å². The Morgan fingerprint density at radius 3 is 2.72 bits per heavy atom. The Balaban J connectivity index is 2.68. The summed E-state index contributed by atoms with van der Waals surface area (Å²) in [7, 11) is 1.73. The van der Waals surface area contributed by atoms with Crippen molar-refractivity contribution in [1.29, 1.82) is 0 Å². The molecule has 0 aliphatic heterocycles. The van der Waals surface area contributed by atoms with Gasteiger partial charge in [-0.15, -0.1) is 0 Å². The van der Waals surface area contributed by atoms with E-state index in [4.69, 9.17) is 0 Å². The van der Waals surface area contributed by atoms with Crippen LogP contribution in [0.3, 0.4) is 0 Å². The van der Waals surface area contributed by atoms with Gasteiger partial charge in [-0.05, 0) is 37.5 Å². The lowest BCUT2D eigenvalue weighted by Crippen LogP contribution is -2.39. The van der Waals surface area contributed by atoms with Crippen LogP contribution in [0.2, 0.25) is 0 Å². The average molecular weight is 251 g/mol. The van der Waals surface area contributed by atoms with Crippen molar-refractivity contribution in [3.8, 4) is 0 Å². The molecule has 1 unspecified atom stereocenters. The average Bonchev–Trinajstić information content (AvgIpc) is 2.37. The number of nitrogens with zero attached hydrogens (tertiary/aromatic N) is 1. The summed E-state index contributed by atoms with van der Waals surface area (Å²) in [5.74, 6) is 0.572. The fourth-order valence-electron chi connectivity index (χ4n) is 1.60. The molecule has 1 atom stereocenters. The van der Waals surface area contributed by atoms with Gasteiger partial charge in [0.05, 0.1) is 6.04 Å². The maximum Gasteiger partial charge on any atom is 0.191 e. The second-order valence-corrected chi connectivity index (χ2v) is 4.37. The van der Waals surface area contributed by atoms with Gasteiger partial charge in [-0.1, -0.05) is 19.1 Å². The summed E-state index contributed by atoms with van der Waals surface area (Å²) in [5, 5.41) is 6.43. The predicted molar refractivity (Wildman–Crippen MR) is 74.3 cm³/mol. The molecule has 3 nitrogen and oxygen atoms in total. The number of hydrogen-bond acceptors (Lipinski definition) is 1. The van der Waals surface area contributed by atoms with E-state index in [9.17, 15) is 4.39 Å². The Morgan fingerprint density at radius 2 is 2.17 bits per heavy atom. The van der Waals surface area contributed by atoms with Crippen LogP contribution in [-0.4, -0.2) is 19.6 Å². The molecule has 1 aromatic carbocycles. The highest BCUT2D eigenvalue weighted by Crippen LogP contribution is 2.16. The lowest BCUT2D eigenvalue weighted by molar-refractivity contribution is 0.607. The van der Waals surface area contributed by atoms with Crippen molar-refractivity contribution in [1.82, 2.24) is 10.6 Å². The fourth-order valence-corrected chi connectivity index (χ4v) is 1.60. The van der Waals surface area contributed by atoms with Gasteiger partial charge < -0.3 is 10.6 Å². The lowest BCUT2D eigenvalue weighted by Gasteiger charge is -2.18. The second kappa shape index (κ2) is 6.99. The summed E-state index contributed by atoms with van der Waals surface area (Å²) in [6, 6.07) is 5.32. The van der Waals surface area contributed by atoms with Crippen molar-refractivity contribution in [2.45, 2.75) is 33.2 Å².